The van der Waals surface area contributed by atoms with E-state index in [4.69, 9.17) is 17.0 Å². The number of hydrogen-bond donors (Lipinski definition) is 1. The zero-order valence-corrected chi connectivity index (χ0v) is 13.8. The summed E-state index contributed by atoms with van der Waals surface area (Å²) in [5.41, 5.74) is 0.573. The van der Waals surface area contributed by atoms with Gasteiger partial charge >= 0.3 is 0 Å². The molecule has 1 saturated heterocycles. The Kier molecular flexibility index (Phi) is 5.12. The molecule has 1 aromatic carbocycles. The summed E-state index contributed by atoms with van der Waals surface area (Å²) in [6.45, 7) is 5.39. The number of benzene rings is 1. The average molecular weight is 357 g/mol. The lowest BCUT2D eigenvalue weighted by Crippen LogP contribution is -2.52. The van der Waals surface area contributed by atoms with Gasteiger partial charge in [-0.1, -0.05) is 12.1 Å². The molecule has 20 heavy (non-hydrogen) atoms. The second-order valence-electron chi connectivity index (χ2n) is 4.90. The number of rotatable bonds is 1. The molecule has 0 saturated carbocycles. The van der Waals surface area contributed by atoms with Gasteiger partial charge in [-0.15, -0.1) is 0 Å². The largest absolute Gasteiger partial charge is 0.372 e. The third-order valence-corrected chi connectivity index (χ3v) is 4.10. The standard InChI is InChI=1S/C14H17BrN2O2S/c1-9-7-17(8-10(2)19-9)14(20)16-13(18)11-5-3-4-6-12(11)15/h3-6,9-10H,7-8H2,1-2H3,(H,16,18,20)/t9-,10-/m1/s1. The van der Waals surface area contributed by atoms with Crippen LogP contribution in [0.3, 0.4) is 0 Å². The lowest BCUT2D eigenvalue weighted by molar-refractivity contribution is -0.0481. The fourth-order valence-corrected chi connectivity index (χ4v) is 2.94. The summed E-state index contributed by atoms with van der Waals surface area (Å²) < 4.78 is 6.41. The van der Waals surface area contributed by atoms with Gasteiger partial charge in [-0.25, -0.2) is 0 Å². The fourth-order valence-electron chi connectivity index (χ4n) is 2.23. The Bertz CT molecular complexity index is 514. The van der Waals surface area contributed by atoms with Crippen LogP contribution in [0.5, 0.6) is 0 Å². The quantitative estimate of drug-likeness (QED) is 0.785. The van der Waals surface area contributed by atoms with Crippen LogP contribution in [0, 0.1) is 0 Å². The zero-order valence-electron chi connectivity index (χ0n) is 11.4. The Balaban J connectivity index is 2.01. The molecular formula is C14H17BrN2O2S. The van der Waals surface area contributed by atoms with Crippen LogP contribution in [0.15, 0.2) is 28.7 Å². The normalized spacial score (nSPS) is 22.4. The number of amides is 1. The van der Waals surface area contributed by atoms with Gasteiger partial charge in [0.1, 0.15) is 0 Å². The van der Waals surface area contributed by atoms with Crippen LogP contribution in [-0.2, 0) is 4.74 Å². The van der Waals surface area contributed by atoms with Gasteiger partial charge in [-0.05, 0) is 54.1 Å². The van der Waals surface area contributed by atoms with Crippen molar-refractivity contribution in [3.05, 3.63) is 34.3 Å². The first kappa shape index (κ1) is 15.4. The summed E-state index contributed by atoms with van der Waals surface area (Å²) in [6, 6.07) is 7.27. The van der Waals surface area contributed by atoms with Gasteiger partial charge in [0.05, 0.1) is 17.8 Å². The summed E-state index contributed by atoms with van der Waals surface area (Å²) in [4.78, 5) is 14.2. The van der Waals surface area contributed by atoms with Crippen LogP contribution in [0.4, 0.5) is 0 Å². The second-order valence-corrected chi connectivity index (χ2v) is 6.14. The molecule has 1 aliphatic heterocycles. The Morgan fingerprint density at radius 2 is 1.95 bits per heavy atom. The molecule has 0 spiro atoms. The highest BCUT2D eigenvalue weighted by Crippen LogP contribution is 2.16. The molecule has 6 heteroatoms. The fraction of sp³-hybridized carbons (Fsp3) is 0.429. The highest BCUT2D eigenvalue weighted by molar-refractivity contribution is 9.10. The minimum atomic E-state index is -0.200. The van der Waals surface area contributed by atoms with Gasteiger partial charge in [-0.2, -0.15) is 0 Å². The van der Waals surface area contributed by atoms with E-state index >= 15 is 0 Å². The third kappa shape index (κ3) is 3.77. The van der Waals surface area contributed by atoms with Crippen molar-refractivity contribution in [2.75, 3.05) is 13.1 Å². The van der Waals surface area contributed by atoms with Crippen LogP contribution in [0.2, 0.25) is 0 Å². The third-order valence-electron chi connectivity index (χ3n) is 3.05. The number of carbonyl (C=O) groups is 1. The van der Waals surface area contributed by atoms with Crippen molar-refractivity contribution >= 4 is 39.2 Å². The second kappa shape index (κ2) is 6.65. The van der Waals surface area contributed by atoms with E-state index < -0.39 is 0 Å². The van der Waals surface area contributed by atoms with Crippen molar-refractivity contribution in [1.29, 1.82) is 0 Å². The van der Waals surface area contributed by atoms with Gasteiger partial charge in [0, 0.05) is 17.6 Å². The molecule has 1 aliphatic rings. The summed E-state index contributed by atoms with van der Waals surface area (Å²) in [7, 11) is 0. The maximum Gasteiger partial charge on any atom is 0.258 e. The Labute approximate surface area is 132 Å². The Morgan fingerprint density at radius 1 is 1.35 bits per heavy atom. The van der Waals surface area contributed by atoms with Gasteiger partial charge in [0.25, 0.3) is 5.91 Å². The smallest absolute Gasteiger partial charge is 0.258 e. The van der Waals surface area contributed by atoms with E-state index in [-0.39, 0.29) is 18.1 Å². The van der Waals surface area contributed by atoms with E-state index in [0.29, 0.717) is 23.8 Å². The number of thiocarbonyl (C=S) groups is 1. The average Bonchev–Trinajstić information content (AvgIpc) is 2.37. The summed E-state index contributed by atoms with van der Waals surface area (Å²) in [5, 5.41) is 3.23. The molecule has 108 valence electrons. The SMILES string of the molecule is C[C@@H]1CN(C(=S)NC(=O)c2ccccc2Br)C[C@@H](C)O1. The van der Waals surface area contributed by atoms with Gasteiger partial charge in [0.15, 0.2) is 5.11 Å². The van der Waals surface area contributed by atoms with E-state index in [0.717, 1.165) is 4.47 Å². The van der Waals surface area contributed by atoms with Crippen molar-refractivity contribution in [2.45, 2.75) is 26.1 Å². The van der Waals surface area contributed by atoms with Crippen molar-refractivity contribution in [3.8, 4) is 0 Å². The molecule has 0 aromatic heterocycles. The zero-order chi connectivity index (χ0) is 14.7. The Morgan fingerprint density at radius 3 is 2.55 bits per heavy atom. The molecule has 1 amide bonds. The van der Waals surface area contributed by atoms with Crippen LogP contribution >= 0.6 is 28.1 Å². The van der Waals surface area contributed by atoms with Gasteiger partial charge in [0.2, 0.25) is 0 Å². The summed E-state index contributed by atoms with van der Waals surface area (Å²) in [6.07, 6.45) is 0.217. The first-order valence-electron chi connectivity index (χ1n) is 6.47. The highest BCUT2D eigenvalue weighted by atomic mass is 79.9. The lowest BCUT2D eigenvalue weighted by Gasteiger charge is -2.36. The molecule has 0 aliphatic carbocycles. The minimum absolute atomic E-state index is 0.108. The lowest BCUT2D eigenvalue weighted by atomic mass is 10.2. The van der Waals surface area contributed by atoms with Crippen LogP contribution in [0.1, 0.15) is 24.2 Å². The number of morpholine rings is 1. The van der Waals surface area contributed by atoms with Crippen molar-refractivity contribution in [1.82, 2.24) is 10.2 Å². The first-order chi connectivity index (χ1) is 9.47. The van der Waals surface area contributed by atoms with Gasteiger partial charge in [-0.3, -0.25) is 10.1 Å². The molecule has 1 fully saturated rings. The van der Waals surface area contributed by atoms with E-state index in [1.165, 1.54) is 0 Å². The molecular weight excluding hydrogens is 340 g/mol. The predicted octanol–water partition coefficient (Wildman–Crippen LogP) is 2.57. The molecule has 1 heterocycles. The first-order valence-corrected chi connectivity index (χ1v) is 7.67. The van der Waals surface area contributed by atoms with Gasteiger partial charge < -0.3 is 9.64 Å². The number of carbonyl (C=O) groups excluding carboxylic acids is 1. The predicted molar refractivity (Wildman–Crippen MR) is 85.8 cm³/mol. The summed E-state index contributed by atoms with van der Waals surface area (Å²) in [5.74, 6) is -0.200. The minimum Gasteiger partial charge on any atom is -0.372 e. The van der Waals surface area contributed by atoms with Crippen LogP contribution in [0.25, 0.3) is 0 Å². The molecule has 0 unspecified atom stereocenters. The number of nitrogens with zero attached hydrogens (tertiary/aromatic N) is 1. The summed E-state index contributed by atoms with van der Waals surface area (Å²) >= 11 is 8.69. The van der Waals surface area contributed by atoms with Crippen molar-refractivity contribution in [2.24, 2.45) is 0 Å². The molecule has 2 rings (SSSR count). The molecule has 1 N–H and O–H groups in total. The number of nitrogens with one attached hydrogen (secondary N) is 1. The number of halogens is 1. The van der Waals surface area contributed by atoms with E-state index in [1.807, 2.05) is 36.9 Å². The Hall–Kier alpha value is -0.980. The van der Waals surface area contributed by atoms with Crippen LogP contribution in [-0.4, -0.2) is 41.2 Å². The maximum atomic E-state index is 12.2. The molecule has 4 nitrogen and oxygen atoms in total. The molecule has 0 bridgehead atoms. The van der Waals surface area contributed by atoms with E-state index in [1.54, 1.807) is 6.07 Å². The molecule has 0 radical (unpaired) electrons. The highest BCUT2D eigenvalue weighted by Gasteiger charge is 2.25. The topological polar surface area (TPSA) is 41.6 Å². The van der Waals surface area contributed by atoms with Crippen LogP contribution < -0.4 is 5.32 Å². The van der Waals surface area contributed by atoms with E-state index in [2.05, 4.69) is 21.2 Å². The number of hydrogen-bond acceptors (Lipinski definition) is 3. The maximum absolute atomic E-state index is 12.2. The molecule has 2 atom stereocenters. The monoisotopic (exact) mass is 356 g/mol. The number of ether oxygens (including phenoxy) is 1. The van der Waals surface area contributed by atoms with Crippen molar-refractivity contribution < 1.29 is 9.53 Å². The van der Waals surface area contributed by atoms with E-state index in [9.17, 15) is 4.79 Å². The molecule has 1 aromatic rings. The van der Waals surface area contributed by atoms with Crippen molar-refractivity contribution in [3.63, 3.8) is 0 Å².